The molecule has 3 rings (SSSR count). The molecule has 1 heterocycles. The van der Waals surface area contributed by atoms with Crippen molar-refractivity contribution in [1.82, 2.24) is 0 Å². The SMILES string of the molecule is CCC1=CC(C2OOC2(OC)c2cccc(O)c2)CC(CC)C1. The highest BCUT2D eigenvalue weighted by molar-refractivity contribution is 5.32. The predicted octanol–water partition coefficient (Wildman–Crippen LogP) is 4.29. The van der Waals surface area contributed by atoms with Gasteiger partial charge in [0.1, 0.15) is 5.75 Å². The molecule has 0 radical (unpaired) electrons. The third-order valence-corrected chi connectivity index (χ3v) is 5.23. The Labute approximate surface area is 138 Å². The molecule has 0 saturated carbocycles. The van der Waals surface area contributed by atoms with Crippen molar-refractivity contribution in [2.24, 2.45) is 11.8 Å². The molecule has 1 aliphatic carbocycles. The predicted molar refractivity (Wildman–Crippen MR) is 87.6 cm³/mol. The van der Waals surface area contributed by atoms with E-state index in [0.29, 0.717) is 5.92 Å². The quantitative estimate of drug-likeness (QED) is 0.650. The summed E-state index contributed by atoms with van der Waals surface area (Å²) in [5.74, 6) is 0.213. The van der Waals surface area contributed by atoms with Gasteiger partial charge in [0.15, 0.2) is 6.10 Å². The Balaban J connectivity index is 1.90. The lowest BCUT2D eigenvalue weighted by molar-refractivity contribution is -0.585. The van der Waals surface area contributed by atoms with Crippen LogP contribution < -0.4 is 0 Å². The first-order valence-corrected chi connectivity index (χ1v) is 8.51. The zero-order chi connectivity index (χ0) is 16.4. The summed E-state index contributed by atoms with van der Waals surface area (Å²) in [4.78, 5) is 11.0. The third-order valence-electron chi connectivity index (χ3n) is 5.23. The van der Waals surface area contributed by atoms with Gasteiger partial charge in [0, 0.05) is 18.6 Å². The van der Waals surface area contributed by atoms with Crippen LogP contribution in [0.1, 0.15) is 45.1 Å². The fourth-order valence-corrected chi connectivity index (χ4v) is 3.81. The second kappa shape index (κ2) is 6.63. The molecule has 1 aromatic rings. The Hall–Kier alpha value is -1.36. The van der Waals surface area contributed by atoms with Crippen molar-refractivity contribution in [3.8, 4) is 5.75 Å². The van der Waals surface area contributed by atoms with Crippen LogP contribution in [0.25, 0.3) is 0 Å². The van der Waals surface area contributed by atoms with Gasteiger partial charge in [-0.25, -0.2) is 4.89 Å². The smallest absolute Gasteiger partial charge is 0.257 e. The summed E-state index contributed by atoms with van der Waals surface area (Å²) in [6.45, 7) is 4.45. The van der Waals surface area contributed by atoms with Gasteiger partial charge in [0.2, 0.25) is 0 Å². The summed E-state index contributed by atoms with van der Waals surface area (Å²) >= 11 is 0. The van der Waals surface area contributed by atoms with E-state index in [9.17, 15) is 5.11 Å². The maximum atomic E-state index is 9.78. The third kappa shape index (κ3) is 2.91. The molecule has 1 N–H and O–H groups in total. The van der Waals surface area contributed by atoms with E-state index < -0.39 is 5.79 Å². The molecular weight excluding hydrogens is 292 g/mol. The van der Waals surface area contributed by atoms with Crippen LogP contribution in [-0.2, 0) is 20.3 Å². The van der Waals surface area contributed by atoms with Crippen LogP contribution in [0.4, 0.5) is 0 Å². The van der Waals surface area contributed by atoms with E-state index in [1.807, 2.05) is 6.07 Å². The van der Waals surface area contributed by atoms with E-state index >= 15 is 0 Å². The molecule has 0 amide bonds. The lowest BCUT2D eigenvalue weighted by Crippen LogP contribution is -2.58. The van der Waals surface area contributed by atoms with Crippen molar-refractivity contribution in [3.63, 3.8) is 0 Å². The number of methoxy groups -OCH3 is 1. The Morgan fingerprint density at radius 3 is 2.74 bits per heavy atom. The molecule has 1 aromatic carbocycles. The van der Waals surface area contributed by atoms with Gasteiger partial charge in [0.05, 0.1) is 0 Å². The van der Waals surface area contributed by atoms with Crippen molar-refractivity contribution in [3.05, 3.63) is 41.5 Å². The average molecular weight is 318 g/mol. The second-order valence-corrected chi connectivity index (χ2v) is 6.58. The lowest BCUT2D eigenvalue weighted by atomic mass is 9.75. The average Bonchev–Trinajstić information content (AvgIpc) is 2.54. The van der Waals surface area contributed by atoms with Gasteiger partial charge in [-0.1, -0.05) is 44.1 Å². The van der Waals surface area contributed by atoms with Gasteiger partial charge >= 0.3 is 0 Å². The Morgan fingerprint density at radius 1 is 1.35 bits per heavy atom. The van der Waals surface area contributed by atoms with Crippen LogP contribution in [0, 0.1) is 11.8 Å². The first-order valence-electron chi connectivity index (χ1n) is 8.51. The van der Waals surface area contributed by atoms with E-state index in [0.717, 1.165) is 18.4 Å². The minimum atomic E-state index is -0.936. The van der Waals surface area contributed by atoms with Crippen LogP contribution in [0.5, 0.6) is 5.75 Å². The van der Waals surface area contributed by atoms with E-state index in [1.54, 1.807) is 25.3 Å². The first-order chi connectivity index (χ1) is 11.1. The van der Waals surface area contributed by atoms with E-state index in [1.165, 1.54) is 18.4 Å². The molecule has 0 bridgehead atoms. The van der Waals surface area contributed by atoms with E-state index in [2.05, 4.69) is 19.9 Å². The fraction of sp³-hybridized carbons (Fsp3) is 0.579. The van der Waals surface area contributed by atoms with Crippen molar-refractivity contribution < 1.29 is 19.6 Å². The van der Waals surface area contributed by atoms with Crippen molar-refractivity contribution >= 4 is 0 Å². The number of benzene rings is 1. The minimum Gasteiger partial charge on any atom is -0.508 e. The number of hydrogen-bond acceptors (Lipinski definition) is 4. The van der Waals surface area contributed by atoms with Crippen LogP contribution in [0.15, 0.2) is 35.9 Å². The largest absolute Gasteiger partial charge is 0.508 e. The summed E-state index contributed by atoms with van der Waals surface area (Å²) in [5, 5.41) is 9.78. The maximum Gasteiger partial charge on any atom is 0.257 e. The Kier molecular flexibility index (Phi) is 4.76. The molecule has 0 aromatic heterocycles. The number of ether oxygens (including phenoxy) is 1. The number of phenols is 1. The molecule has 4 unspecified atom stereocenters. The van der Waals surface area contributed by atoms with Gasteiger partial charge < -0.3 is 9.84 Å². The monoisotopic (exact) mass is 318 g/mol. The normalized spacial score (nSPS) is 33.9. The molecule has 0 spiro atoms. The zero-order valence-electron chi connectivity index (χ0n) is 14.1. The van der Waals surface area contributed by atoms with Gasteiger partial charge in [-0.3, -0.25) is 0 Å². The zero-order valence-corrected chi connectivity index (χ0v) is 14.1. The van der Waals surface area contributed by atoms with Gasteiger partial charge in [-0.2, -0.15) is 4.89 Å². The summed E-state index contributed by atoms with van der Waals surface area (Å²) < 4.78 is 5.73. The number of phenolic OH excluding ortho intramolecular Hbond substituents is 1. The van der Waals surface area contributed by atoms with Crippen LogP contribution in [-0.4, -0.2) is 18.3 Å². The molecular formula is C19H26O4. The molecule has 1 saturated heterocycles. The highest BCUT2D eigenvalue weighted by Crippen LogP contribution is 2.48. The summed E-state index contributed by atoms with van der Waals surface area (Å²) in [7, 11) is 1.63. The first kappa shape index (κ1) is 16.5. The Morgan fingerprint density at radius 2 is 2.17 bits per heavy atom. The minimum absolute atomic E-state index is 0.190. The van der Waals surface area contributed by atoms with Gasteiger partial charge in [0.25, 0.3) is 5.79 Å². The molecule has 4 heteroatoms. The molecule has 4 nitrogen and oxygen atoms in total. The second-order valence-electron chi connectivity index (χ2n) is 6.58. The van der Waals surface area contributed by atoms with Crippen LogP contribution in [0.2, 0.25) is 0 Å². The van der Waals surface area contributed by atoms with Crippen molar-refractivity contribution in [1.29, 1.82) is 0 Å². The molecule has 1 fully saturated rings. The van der Waals surface area contributed by atoms with Crippen molar-refractivity contribution in [2.45, 2.75) is 51.4 Å². The molecule has 1 aliphatic heterocycles. The van der Waals surface area contributed by atoms with Crippen LogP contribution >= 0.6 is 0 Å². The number of aromatic hydroxyl groups is 1. The molecule has 2 aliphatic rings. The van der Waals surface area contributed by atoms with Crippen molar-refractivity contribution in [2.75, 3.05) is 7.11 Å². The highest BCUT2D eigenvalue weighted by atomic mass is 17.3. The van der Waals surface area contributed by atoms with Gasteiger partial charge in [-0.05, 0) is 37.3 Å². The number of hydrogen-bond donors (Lipinski definition) is 1. The highest BCUT2D eigenvalue weighted by Gasteiger charge is 2.57. The van der Waals surface area contributed by atoms with Gasteiger partial charge in [-0.15, -0.1) is 0 Å². The number of rotatable bonds is 5. The summed E-state index contributed by atoms with van der Waals surface area (Å²) in [5.41, 5.74) is 2.28. The standard InChI is InChI=1S/C19H26O4/c1-4-13-9-14(5-2)11-15(10-13)18-19(21-3,23-22-18)16-7-6-8-17(20)12-16/h6-8,10,12,14-15,18,20H,4-5,9,11H2,1-3H3. The van der Waals surface area contributed by atoms with E-state index in [-0.39, 0.29) is 17.8 Å². The lowest BCUT2D eigenvalue weighted by Gasteiger charge is -2.49. The molecule has 4 atom stereocenters. The van der Waals surface area contributed by atoms with Crippen LogP contribution in [0.3, 0.4) is 0 Å². The van der Waals surface area contributed by atoms with E-state index in [4.69, 9.17) is 14.5 Å². The Bertz CT molecular complexity index is 578. The molecule has 23 heavy (non-hydrogen) atoms. The number of allylic oxidation sites excluding steroid dienone is 1. The fourth-order valence-electron chi connectivity index (χ4n) is 3.81. The maximum absolute atomic E-state index is 9.78. The molecule has 126 valence electrons. The topological polar surface area (TPSA) is 47.9 Å². The summed E-state index contributed by atoms with van der Waals surface area (Å²) in [6, 6.07) is 7.03. The summed E-state index contributed by atoms with van der Waals surface area (Å²) in [6.07, 6.45) is 6.67.